The van der Waals surface area contributed by atoms with E-state index < -0.39 is 17.8 Å². The molecule has 0 aliphatic heterocycles. The van der Waals surface area contributed by atoms with Gasteiger partial charge < -0.3 is 15.8 Å². The minimum Gasteiger partial charge on any atom is -0.383 e. The number of aromatic nitrogens is 1. The van der Waals surface area contributed by atoms with Gasteiger partial charge in [0.15, 0.2) is 0 Å². The summed E-state index contributed by atoms with van der Waals surface area (Å²) in [6.45, 7) is 0.118. The summed E-state index contributed by atoms with van der Waals surface area (Å²) in [5, 5.41) is 2.43. The van der Waals surface area contributed by atoms with Gasteiger partial charge in [-0.3, -0.25) is 4.79 Å². The minimum absolute atomic E-state index is 0.118. The number of ether oxygens (including phenoxy) is 1. The molecule has 1 aromatic heterocycles. The van der Waals surface area contributed by atoms with Gasteiger partial charge in [-0.25, -0.2) is 9.37 Å². The molecule has 0 radical (unpaired) electrons. The highest BCUT2D eigenvalue weighted by atomic mass is 19.1. The highest BCUT2D eigenvalue weighted by molar-refractivity contribution is 5.93. The lowest BCUT2D eigenvalue weighted by molar-refractivity contribution is -0.118. The van der Waals surface area contributed by atoms with Gasteiger partial charge in [-0.05, 0) is 12.1 Å². The molecular weight excluding hydrogens is 201 g/mol. The maximum atomic E-state index is 12.5. The van der Waals surface area contributed by atoms with Crippen LogP contribution in [0.3, 0.4) is 0 Å². The van der Waals surface area contributed by atoms with Crippen LogP contribution < -0.4 is 11.1 Å². The van der Waals surface area contributed by atoms with E-state index in [4.69, 9.17) is 10.5 Å². The largest absolute Gasteiger partial charge is 0.383 e. The van der Waals surface area contributed by atoms with Gasteiger partial charge in [-0.1, -0.05) is 0 Å². The molecule has 3 N–H and O–H groups in total. The van der Waals surface area contributed by atoms with E-state index in [2.05, 4.69) is 10.3 Å². The number of hydrogen-bond donors (Lipinski definition) is 2. The zero-order valence-electron chi connectivity index (χ0n) is 8.24. The molecule has 0 saturated heterocycles. The molecule has 0 aliphatic rings. The molecule has 6 heteroatoms. The van der Waals surface area contributed by atoms with Crippen molar-refractivity contribution in [3.63, 3.8) is 0 Å². The Balaban J connectivity index is 2.54. The monoisotopic (exact) mass is 213 g/mol. The topological polar surface area (TPSA) is 77.2 Å². The van der Waals surface area contributed by atoms with Crippen molar-refractivity contribution in [2.24, 2.45) is 5.73 Å². The molecule has 0 spiro atoms. The van der Waals surface area contributed by atoms with Crippen LogP contribution >= 0.6 is 0 Å². The van der Waals surface area contributed by atoms with Crippen molar-refractivity contribution in [2.45, 2.75) is 6.04 Å². The maximum Gasteiger partial charge on any atom is 0.244 e. The van der Waals surface area contributed by atoms with Gasteiger partial charge in [-0.15, -0.1) is 0 Å². The number of pyridine rings is 1. The van der Waals surface area contributed by atoms with Crippen LogP contribution in [0.1, 0.15) is 0 Å². The van der Waals surface area contributed by atoms with E-state index >= 15 is 0 Å². The average molecular weight is 213 g/mol. The van der Waals surface area contributed by atoms with E-state index in [1.165, 1.54) is 19.2 Å². The van der Waals surface area contributed by atoms with Crippen molar-refractivity contribution in [2.75, 3.05) is 19.0 Å². The summed E-state index contributed by atoms with van der Waals surface area (Å²) in [6.07, 6.45) is 1.01. The first-order chi connectivity index (χ1) is 7.13. The fraction of sp³-hybridized carbons (Fsp3) is 0.333. The summed E-state index contributed by atoms with van der Waals surface area (Å²) < 4.78 is 17.2. The Kier molecular flexibility index (Phi) is 4.14. The SMILES string of the molecule is COCC(N)C(=O)Nc1ccc(F)cn1. The zero-order chi connectivity index (χ0) is 11.3. The zero-order valence-corrected chi connectivity index (χ0v) is 8.24. The van der Waals surface area contributed by atoms with Crippen molar-refractivity contribution in [3.05, 3.63) is 24.1 Å². The number of carbonyl (C=O) groups excluding carboxylic acids is 1. The number of carbonyl (C=O) groups is 1. The summed E-state index contributed by atoms with van der Waals surface area (Å²) in [6, 6.07) is 1.79. The Morgan fingerprint density at radius 2 is 2.47 bits per heavy atom. The fourth-order valence-corrected chi connectivity index (χ4v) is 0.924. The van der Waals surface area contributed by atoms with Crippen LogP contribution in [-0.2, 0) is 9.53 Å². The van der Waals surface area contributed by atoms with E-state index in [9.17, 15) is 9.18 Å². The normalized spacial score (nSPS) is 12.2. The summed E-state index contributed by atoms with van der Waals surface area (Å²) >= 11 is 0. The predicted molar refractivity (Wildman–Crippen MR) is 52.7 cm³/mol. The van der Waals surface area contributed by atoms with E-state index in [1.807, 2.05) is 0 Å². The molecule has 0 saturated carbocycles. The molecular formula is C9H12FN3O2. The number of amides is 1. The average Bonchev–Trinajstić information content (AvgIpc) is 2.22. The second kappa shape index (κ2) is 5.38. The first-order valence-corrected chi connectivity index (χ1v) is 4.30. The molecule has 1 aromatic rings. The third kappa shape index (κ3) is 3.61. The number of nitrogens with one attached hydrogen (secondary N) is 1. The van der Waals surface area contributed by atoms with Crippen molar-refractivity contribution < 1.29 is 13.9 Å². The quantitative estimate of drug-likeness (QED) is 0.745. The lowest BCUT2D eigenvalue weighted by atomic mass is 10.3. The van der Waals surface area contributed by atoms with Crippen molar-refractivity contribution in [1.82, 2.24) is 4.98 Å². The Morgan fingerprint density at radius 1 is 1.73 bits per heavy atom. The smallest absolute Gasteiger partial charge is 0.244 e. The maximum absolute atomic E-state index is 12.5. The third-order valence-electron chi connectivity index (χ3n) is 1.66. The van der Waals surface area contributed by atoms with Gasteiger partial charge in [0, 0.05) is 7.11 Å². The lowest BCUT2D eigenvalue weighted by Gasteiger charge is -2.10. The highest BCUT2D eigenvalue weighted by Crippen LogP contribution is 2.03. The number of anilines is 1. The van der Waals surface area contributed by atoms with Crippen LogP contribution in [0.15, 0.2) is 18.3 Å². The first kappa shape index (κ1) is 11.5. The van der Waals surface area contributed by atoms with E-state index in [0.717, 1.165) is 6.20 Å². The van der Waals surface area contributed by atoms with Crippen LogP contribution in [0.25, 0.3) is 0 Å². The molecule has 5 nitrogen and oxygen atoms in total. The Hall–Kier alpha value is -1.53. The summed E-state index contributed by atoms with van der Waals surface area (Å²) in [7, 11) is 1.45. The molecule has 0 bridgehead atoms. The van der Waals surface area contributed by atoms with Gasteiger partial charge in [0.25, 0.3) is 0 Å². The molecule has 1 amide bonds. The van der Waals surface area contributed by atoms with Gasteiger partial charge in [0.1, 0.15) is 17.7 Å². The van der Waals surface area contributed by atoms with Crippen LogP contribution in [0.4, 0.5) is 10.2 Å². The molecule has 82 valence electrons. The van der Waals surface area contributed by atoms with Crippen LogP contribution in [0.2, 0.25) is 0 Å². The van der Waals surface area contributed by atoms with Crippen molar-refractivity contribution in [1.29, 1.82) is 0 Å². The minimum atomic E-state index is -0.762. The number of hydrogen-bond acceptors (Lipinski definition) is 4. The second-order valence-electron chi connectivity index (χ2n) is 2.91. The number of nitrogens with zero attached hydrogens (tertiary/aromatic N) is 1. The molecule has 15 heavy (non-hydrogen) atoms. The molecule has 0 aromatic carbocycles. The number of rotatable bonds is 4. The van der Waals surface area contributed by atoms with Crippen LogP contribution in [-0.4, -0.2) is 30.6 Å². The highest BCUT2D eigenvalue weighted by Gasteiger charge is 2.13. The van der Waals surface area contributed by atoms with E-state index in [0.29, 0.717) is 0 Å². The number of nitrogens with two attached hydrogens (primary N) is 1. The summed E-state index contributed by atoms with van der Waals surface area (Å²) in [4.78, 5) is 15.0. The molecule has 1 atom stereocenters. The van der Waals surface area contributed by atoms with E-state index in [1.54, 1.807) is 0 Å². The standard InChI is InChI=1S/C9H12FN3O2/c1-15-5-7(11)9(14)13-8-3-2-6(10)4-12-8/h2-4,7H,5,11H2,1H3,(H,12,13,14). The number of halogens is 1. The number of methoxy groups -OCH3 is 1. The van der Waals surface area contributed by atoms with Gasteiger partial charge in [0.2, 0.25) is 5.91 Å². The Bertz CT molecular complexity index is 329. The van der Waals surface area contributed by atoms with Gasteiger partial charge in [-0.2, -0.15) is 0 Å². The first-order valence-electron chi connectivity index (χ1n) is 4.30. The Morgan fingerprint density at radius 3 is 3.00 bits per heavy atom. The summed E-state index contributed by atoms with van der Waals surface area (Å²) in [5.74, 6) is -0.627. The van der Waals surface area contributed by atoms with Gasteiger partial charge in [0.05, 0.1) is 12.8 Å². The molecule has 0 aliphatic carbocycles. The van der Waals surface area contributed by atoms with E-state index in [-0.39, 0.29) is 12.4 Å². The molecule has 1 heterocycles. The summed E-state index contributed by atoms with van der Waals surface area (Å²) in [5.41, 5.74) is 5.47. The lowest BCUT2D eigenvalue weighted by Crippen LogP contribution is -2.39. The predicted octanol–water partition coefficient (Wildman–Crippen LogP) is 0.133. The van der Waals surface area contributed by atoms with Crippen LogP contribution in [0, 0.1) is 5.82 Å². The van der Waals surface area contributed by atoms with Crippen LogP contribution in [0.5, 0.6) is 0 Å². The Labute approximate surface area is 86.4 Å². The fourth-order valence-electron chi connectivity index (χ4n) is 0.924. The second-order valence-corrected chi connectivity index (χ2v) is 2.91. The van der Waals surface area contributed by atoms with Crippen molar-refractivity contribution >= 4 is 11.7 Å². The van der Waals surface area contributed by atoms with Crippen molar-refractivity contribution in [3.8, 4) is 0 Å². The molecule has 0 fully saturated rings. The van der Waals surface area contributed by atoms with Gasteiger partial charge >= 0.3 is 0 Å². The third-order valence-corrected chi connectivity index (χ3v) is 1.66. The molecule has 1 rings (SSSR count). The molecule has 1 unspecified atom stereocenters.